The lowest BCUT2D eigenvalue weighted by Crippen LogP contribution is -2.45. The van der Waals surface area contributed by atoms with Gasteiger partial charge in [-0.05, 0) is 17.9 Å². The Morgan fingerprint density at radius 1 is 1.05 bits per heavy atom. The Morgan fingerprint density at radius 3 is 2.14 bits per heavy atom. The summed E-state index contributed by atoms with van der Waals surface area (Å²) in [6.07, 6.45) is 13.5. The van der Waals surface area contributed by atoms with Gasteiger partial charge in [0.1, 0.15) is 0 Å². The van der Waals surface area contributed by atoms with Crippen molar-refractivity contribution in [1.82, 2.24) is 0 Å². The zero-order valence-corrected chi connectivity index (χ0v) is 15.8. The van der Waals surface area contributed by atoms with Crippen LogP contribution >= 0.6 is 0 Å². The standard InChI is InChI=1S/C18H37O2Si/c1-5-7-12-17(6-2)15-21(19-3,20-4)16-18-13-10-8-9-11-14-18/h16-18H,5-15H2,1-4H3. The van der Waals surface area contributed by atoms with E-state index in [2.05, 4.69) is 19.9 Å². The molecule has 0 heterocycles. The van der Waals surface area contributed by atoms with E-state index in [1.807, 2.05) is 14.2 Å². The van der Waals surface area contributed by atoms with Gasteiger partial charge in [-0.15, -0.1) is 0 Å². The fourth-order valence-electron chi connectivity index (χ4n) is 3.64. The number of unbranched alkanes of at least 4 members (excludes halogenated alkanes) is 1. The fourth-order valence-corrected chi connectivity index (χ4v) is 6.89. The molecule has 1 rings (SSSR count). The monoisotopic (exact) mass is 313 g/mol. The second-order valence-electron chi connectivity index (χ2n) is 6.76. The minimum atomic E-state index is -2.11. The predicted molar refractivity (Wildman–Crippen MR) is 93.4 cm³/mol. The third-order valence-electron chi connectivity index (χ3n) is 5.20. The summed E-state index contributed by atoms with van der Waals surface area (Å²) in [6, 6.07) is 3.68. The Morgan fingerprint density at radius 2 is 1.67 bits per heavy atom. The summed E-state index contributed by atoms with van der Waals surface area (Å²) in [4.78, 5) is 0. The lowest BCUT2D eigenvalue weighted by atomic mass is 10.0. The van der Waals surface area contributed by atoms with Crippen molar-refractivity contribution in [3.05, 3.63) is 6.04 Å². The van der Waals surface area contributed by atoms with Gasteiger partial charge in [0, 0.05) is 20.3 Å². The van der Waals surface area contributed by atoms with Gasteiger partial charge in [-0.1, -0.05) is 78.1 Å². The number of rotatable bonds is 10. The lowest BCUT2D eigenvalue weighted by molar-refractivity contribution is 0.233. The molecular weight excluding hydrogens is 276 g/mol. The van der Waals surface area contributed by atoms with E-state index in [1.165, 1.54) is 64.2 Å². The predicted octanol–water partition coefficient (Wildman–Crippen LogP) is 5.65. The van der Waals surface area contributed by atoms with E-state index in [9.17, 15) is 0 Å². The maximum atomic E-state index is 6.00. The molecule has 0 aromatic rings. The molecule has 0 spiro atoms. The Kier molecular flexibility index (Phi) is 9.86. The van der Waals surface area contributed by atoms with Gasteiger partial charge in [-0.25, -0.2) is 0 Å². The number of hydrogen-bond donors (Lipinski definition) is 0. The van der Waals surface area contributed by atoms with E-state index >= 15 is 0 Å². The lowest BCUT2D eigenvalue weighted by Gasteiger charge is -2.33. The van der Waals surface area contributed by atoms with Gasteiger partial charge in [-0.2, -0.15) is 0 Å². The van der Waals surface area contributed by atoms with Crippen molar-refractivity contribution in [2.24, 2.45) is 11.8 Å². The summed E-state index contributed by atoms with van der Waals surface area (Å²) in [5.41, 5.74) is 0. The largest absolute Gasteiger partial charge is 0.397 e. The van der Waals surface area contributed by atoms with Crippen molar-refractivity contribution in [2.45, 2.75) is 84.1 Å². The Bertz CT molecular complexity index is 246. The highest BCUT2D eigenvalue weighted by molar-refractivity contribution is 6.71. The third-order valence-corrected chi connectivity index (χ3v) is 8.70. The second-order valence-corrected chi connectivity index (χ2v) is 9.94. The van der Waals surface area contributed by atoms with Gasteiger partial charge < -0.3 is 8.85 Å². The van der Waals surface area contributed by atoms with Crippen molar-refractivity contribution < 1.29 is 8.85 Å². The number of hydrogen-bond acceptors (Lipinski definition) is 2. The molecule has 0 N–H and O–H groups in total. The average molecular weight is 314 g/mol. The molecule has 3 heteroatoms. The molecule has 1 unspecified atom stereocenters. The van der Waals surface area contributed by atoms with Crippen molar-refractivity contribution in [3.63, 3.8) is 0 Å². The van der Waals surface area contributed by atoms with Crippen LogP contribution in [0.15, 0.2) is 0 Å². The molecule has 2 nitrogen and oxygen atoms in total. The normalized spacial score (nSPS) is 19.4. The van der Waals surface area contributed by atoms with Gasteiger partial charge in [-0.3, -0.25) is 0 Å². The van der Waals surface area contributed by atoms with Crippen molar-refractivity contribution in [1.29, 1.82) is 0 Å². The van der Waals surface area contributed by atoms with Crippen LogP contribution in [-0.2, 0) is 8.85 Å². The van der Waals surface area contributed by atoms with Gasteiger partial charge in [0.2, 0.25) is 0 Å². The van der Waals surface area contributed by atoms with E-state index in [1.54, 1.807) is 0 Å². The van der Waals surface area contributed by atoms with Crippen LogP contribution in [0.5, 0.6) is 0 Å². The Balaban J connectivity index is 2.61. The molecule has 0 aliphatic heterocycles. The topological polar surface area (TPSA) is 18.5 Å². The van der Waals surface area contributed by atoms with Crippen LogP contribution in [0.3, 0.4) is 0 Å². The van der Waals surface area contributed by atoms with Gasteiger partial charge in [0.05, 0.1) is 0 Å². The van der Waals surface area contributed by atoms with Crippen molar-refractivity contribution in [2.75, 3.05) is 14.2 Å². The summed E-state index contributed by atoms with van der Waals surface area (Å²) < 4.78 is 12.0. The highest BCUT2D eigenvalue weighted by Crippen LogP contribution is 2.34. The highest BCUT2D eigenvalue weighted by Gasteiger charge is 2.40. The molecule has 1 fully saturated rings. The quantitative estimate of drug-likeness (QED) is 0.383. The summed E-state index contributed by atoms with van der Waals surface area (Å²) in [6.45, 7) is 4.60. The molecule has 1 aliphatic carbocycles. The van der Waals surface area contributed by atoms with Crippen LogP contribution in [0.25, 0.3) is 0 Å². The summed E-state index contributed by atoms with van der Waals surface area (Å²) in [7, 11) is 1.63. The minimum Gasteiger partial charge on any atom is -0.397 e. The molecule has 0 amide bonds. The minimum absolute atomic E-state index is 0.725. The van der Waals surface area contributed by atoms with Crippen LogP contribution < -0.4 is 0 Å². The molecule has 0 bridgehead atoms. The molecule has 125 valence electrons. The second kappa shape index (κ2) is 10.8. The SMILES string of the molecule is CCCCC(CC)C[Si]([CH]C1CCCCCC1)(OC)OC. The van der Waals surface area contributed by atoms with E-state index in [4.69, 9.17) is 8.85 Å². The van der Waals surface area contributed by atoms with Gasteiger partial charge in [0.25, 0.3) is 0 Å². The third kappa shape index (κ3) is 6.83. The first-order valence-corrected chi connectivity index (χ1v) is 11.3. The molecule has 0 aromatic carbocycles. The van der Waals surface area contributed by atoms with E-state index in [0.717, 1.165) is 17.9 Å². The molecular formula is C18H37O2Si. The first kappa shape index (κ1) is 19.2. The summed E-state index contributed by atoms with van der Waals surface area (Å²) >= 11 is 0. The van der Waals surface area contributed by atoms with Crippen LogP contribution in [0.1, 0.15) is 78.1 Å². The Hall–Kier alpha value is 0.137. The van der Waals surface area contributed by atoms with E-state index in [-0.39, 0.29) is 0 Å². The molecule has 1 saturated carbocycles. The van der Waals surface area contributed by atoms with Gasteiger partial charge >= 0.3 is 8.56 Å². The molecule has 21 heavy (non-hydrogen) atoms. The van der Waals surface area contributed by atoms with Crippen LogP contribution in [0, 0.1) is 17.9 Å². The van der Waals surface area contributed by atoms with Gasteiger partial charge in [0.15, 0.2) is 0 Å². The molecule has 1 radical (unpaired) electrons. The first-order valence-electron chi connectivity index (χ1n) is 9.16. The van der Waals surface area contributed by atoms with Crippen LogP contribution in [-0.4, -0.2) is 22.8 Å². The zero-order chi connectivity index (χ0) is 15.6. The highest BCUT2D eigenvalue weighted by atomic mass is 28.4. The molecule has 0 aromatic heterocycles. The average Bonchev–Trinajstić information content (AvgIpc) is 2.78. The Labute approximate surface area is 134 Å². The first-order chi connectivity index (χ1) is 10.2. The maximum absolute atomic E-state index is 6.00. The van der Waals surface area contributed by atoms with Crippen LogP contribution in [0.2, 0.25) is 6.04 Å². The van der Waals surface area contributed by atoms with Crippen molar-refractivity contribution in [3.8, 4) is 0 Å². The van der Waals surface area contributed by atoms with E-state index in [0.29, 0.717) is 0 Å². The fraction of sp³-hybridized carbons (Fsp3) is 0.944. The molecule has 0 saturated heterocycles. The van der Waals surface area contributed by atoms with E-state index < -0.39 is 8.56 Å². The smallest absolute Gasteiger partial charge is 0.341 e. The maximum Gasteiger partial charge on any atom is 0.341 e. The summed E-state index contributed by atoms with van der Waals surface area (Å²) in [5, 5.41) is 0. The van der Waals surface area contributed by atoms with Crippen molar-refractivity contribution >= 4 is 8.56 Å². The van der Waals surface area contributed by atoms with Crippen LogP contribution in [0.4, 0.5) is 0 Å². The molecule has 1 aliphatic rings. The summed E-state index contributed by atoms with van der Waals surface area (Å²) in [5.74, 6) is 1.49. The molecule has 1 atom stereocenters. The zero-order valence-electron chi connectivity index (χ0n) is 14.8.